The van der Waals surface area contributed by atoms with Crippen LogP contribution in [0.2, 0.25) is 0 Å². The van der Waals surface area contributed by atoms with Gasteiger partial charge in [0.05, 0.1) is 17.5 Å². The Morgan fingerprint density at radius 2 is 1.91 bits per heavy atom. The number of hydrogen-bond donors (Lipinski definition) is 2. The van der Waals surface area contributed by atoms with Crippen LogP contribution < -0.4 is 10.6 Å². The molecule has 0 atom stereocenters. The summed E-state index contributed by atoms with van der Waals surface area (Å²) in [6.45, 7) is 1.84. The maximum absolute atomic E-state index is 13.3. The zero-order valence-electron chi connectivity index (χ0n) is 17.6. The summed E-state index contributed by atoms with van der Waals surface area (Å²) < 4.78 is 40.5. The molecular weight excluding hydrogens is 435 g/mol. The minimum Gasteiger partial charge on any atom is -0.324 e. The van der Waals surface area contributed by atoms with Crippen LogP contribution in [0.15, 0.2) is 61.2 Å². The lowest BCUT2D eigenvalue weighted by molar-refractivity contribution is -0.144. The predicted octanol–water partition coefficient (Wildman–Crippen LogP) is 4.60. The van der Waals surface area contributed by atoms with Gasteiger partial charge in [-0.1, -0.05) is 6.07 Å². The second-order valence-corrected chi connectivity index (χ2v) is 7.14. The minimum absolute atomic E-state index is 0.300. The molecule has 1 aromatic carbocycles. The number of halogens is 3. The van der Waals surface area contributed by atoms with Crippen LogP contribution in [0.1, 0.15) is 21.6 Å². The predicted molar refractivity (Wildman–Crippen MR) is 116 cm³/mol. The normalized spacial score (nSPS) is 11.3. The molecule has 168 valence electrons. The molecule has 0 radical (unpaired) electrons. The molecule has 3 aromatic heterocycles. The topological polar surface area (TPSA) is 97.6 Å². The molecule has 0 saturated heterocycles. The second-order valence-electron chi connectivity index (χ2n) is 7.14. The number of aryl methyl sites for hydroxylation is 2. The van der Waals surface area contributed by atoms with Crippen LogP contribution in [0.4, 0.5) is 30.5 Å². The maximum atomic E-state index is 13.3. The van der Waals surface area contributed by atoms with Gasteiger partial charge in [0.15, 0.2) is 5.69 Å². The number of benzene rings is 1. The molecule has 33 heavy (non-hydrogen) atoms. The lowest BCUT2D eigenvalue weighted by Gasteiger charge is -2.13. The molecule has 4 rings (SSSR count). The molecule has 0 fully saturated rings. The van der Waals surface area contributed by atoms with Crippen molar-refractivity contribution in [2.24, 2.45) is 7.05 Å². The highest BCUT2D eigenvalue weighted by atomic mass is 19.4. The third-order valence-electron chi connectivity index (χ3n) is 4.81. The van der Waals surface area contributed by atoms with E-state index in [2.05, 4.69) is 30.7 Å². The fourth-order valence-corrected chi connectivity index (χ4v) is 3.19. The van der Waals surface area contributed by atoms with E-state index in [0.717, 1.165) is 24.4 Å². The van der Waals surface area contributed by atoms with Crippen molar-refractivity contribution in [3.8, 4) is 11.3 Å². The largest absolute Gasteiger partial charge is 0.433 e. The third kappa shape index (κ3) is 4.81. The lowest BCUT2D eigenvalue weighted by atomic mass is 10.1. The van der Waals surface area contributed by atoms with Crippen LogP contribution >= 0.6 is 0 Å². The number of rotatable bonds is 5. The zero-order chi connectivity index (χ0) is 23.6. The Balaban J connectivity index is 1.57. The third-order valence-corrected chi connectivity index (χ3v) is 4.81. The van der Waals surface area contributed by atoms with E-state index in [4.69, 9.17) is 0 Å². The van der Waals surface area contributed by atoms with Gasteiger partial charge in [0.25, 0.3) is 5.91 Å². The quantitative estimate of drug-likeness (QED) is 0.459. The summed E-state index contributed by atoms with van der Waals surface area (Å²) in [4.78, 5) is 25.3. The molecule has 0 aliphatic heterocycles. The van der Waals surface area contributed by atoms with E-state index >= 15 is 0 Å². The molecule has 11 heteroatoms. The zero-order valence-corrected chi connectivity index (χ0v) is 17.6. The van der Waals surface area contributed by atoms with Gasteiger partial charge in [-0.15, -0.1) is 0 Å². The first kappa shape index (κ1) is 21.9. The van der Waals surface area contributed by atoms with Crippen molar-refractivity contribution in [1.29, 1.82) is 0 Å². The molecule has 4 aromatic rings. The Labute approximate surface area is 186 Å². The van der Waals surface area contributed by atoms with Crippen molar-refractivity contribution >= 4 is 23.2 Å². The molecule has 0 aliphatic rings. The van der Waals surface area contributed by atoms with E-state index in [-0.39, 0.29) is 0 Å². The minimum atomic E-state index is -4.71. The highest BCUT2D eigenvalue weighted by Gasteiger charge is 2.39. The van der Waals surface area contributed by atoms with Gasteiger partial charge in [-0.25, -0.2) is 9.97 Å². The number of anilines is 3. The molecule has 0 aliphatic carbocycles. The molecule has 2 N–H and O–H groups in total. The van der Waals surface area contributed by atoms with Crippen molar-refractivity contribution in [3.05, 3.63) is 78.0 Å². The van der Waals surface area contributed by atoms with Crippen LogP contribution in [-0.4, -0.2) is 30.6 Å². The first-order valence-corrected chi connectivity index (χ1v) is 9.74. The molecule has 0 bridgehead atoms. The SMILES string of the molecule is Cc1ccc(NC(=O)c2cnn(C)c2C(F)(F)F)cc1Nc1nccc(-c2cccnc2)n1. The molecule has 0 spiro atoms. The summed E-state index contributed by atoms with van der Waals surface area (Å²) in [6, 6.07) is 10.3. The fourth-order valence-electron chi connectivity index (χ4n) is 3.19. The molecule has 3 heterocycles. The number of nitrogens with zero attached hydrogens (tertiary/aromatic N) is 5. The average Bonchev–Trinajstić information content (AvgIpc) is 3.19. The van der Waals surface area contributed by atoms with Crippen molar-refractivity contribution in [1.82, 2.24) is 24.7 Å². The number of alkyl halides is 3. The van der Waals surface area contributed by atoms with Crippen LogP contribution in [0.3, 0.4) is 0 Å². The Kier molecular flexibility index (Phi) is 5.78. The van der Waals surface area contributed by atoms with Crippen molar-refractivity contribution in [3.63, 3.8) is 0 Å². The van der Waals surface area contributed by atoms with Crippen molar-refractivity contribution < 1.29 is 18.0 Å². The second kappa shape index (κ2) is 8.69. The summed E-state index contributed by atoms with van der Waals surface area (Å²) in [5, 5.41) is 9.15. The summed E-state index contributed by atoms with van der Waals surface area (Å²) in [5.74, 6) is -0.602. The number of aromatic nitrogens is 5. The van der Waals surface area contributed by atoms with E-state index in [9.17, 15) is 18.0 Å². The van der Waals surface area contributed by atoms with Gasteiger partial charge >= 0.3 is 6.18 Å². The summed E-state index contributed by atoms with van der Waals surface area (Å²) in [5.41, 5.74) is 1.50. The molecule has 0 saturated carbocycles. The van der Waals surface area contributed by atoms with Gasteiger partial charge in [0.2, 0.25) is 5.95 Å². The Bertz CT molecular complexity index is 1300. The van der Waals surface area contributed by atoms with Gasteiger partial charge in [-0.05, 0) is 42.8 Å². The van der Waals surface area contributed by atoms with E-state index in [1.807, 2.05) is 13.0 Å². The van der Waals surface area contributed by atoms with Gasteiger partial charge in [0, 0.05) is 42.6 Å². The van der Waals surface area contributed by atoms with E-state index in [1.165, 1.54) is 0 Å². The van der Waals surface area contributed by atoms with Crippen LogP contribution in [0.25, 0.3) is 11.3 Å². The van der Waals surface area contributed by atoms with E-state index in [1.54, 1.807) is 48.9 Å². The average molecular weight is 453 g/mol. The molecular formula is C22H18F3N7O. The van der Waals surface area contributed by atoms with Gasteiger partial charge in [-0.2, -0.15) is 18.3 Å². The highest BCUT2D eigenvalue weighted by Crippen LogP contribution is 2.32. The number of pyridine rings is 1. The number of hydrogen-bond acceptors (Lipinski definition) is 6. The highest BCUT2D eigenvalue weighted by molar-refractivity contribution is 6.05. The van der Waals surface area contributed by atoms with E-state index < -0.39 is 23.3 Å². The van der Waals surface area contributed by atoms with Crippen LogP contribution in [-0.2, 0) is 13.2 Å². The van der Waals surface area contributed by atoms with E-state index in [0.29, 0.717) is 27.7 Å². The van der Waals surface area contributed by atoms with Crippen molar-refractivity contribution in [2.45, 2.75) is 13.1 Å². The monoisotopic (exact) mass is 453 g/mol. The summed E-state index contributed by atoms with van der Waals surface area (Å²) >= 11 is 0. The first-order valence-electron chi connectivity index (χ1n) is 9.74. The number of carbonyl (C=O) groups excluding carboxylic acids is 1. The smallest absolute Gasteiger partial charge is 0.324 e. The molecule has 1 amide bonds. The first-order chi connectivity index (χ1) is 15.7. The number of carbonyl (C=O) groups is 1. The summed E-state index contributed by atoms with van der Waals surface area (Å²) in [6.07, 6.45) is 1.12. The Morgan fingerprint density at radius 1 is 1.09 bits per heavy atom. The van der Waals surface area contributed by atoms with Crippen LogP contribution in [0, 0.1) is 6.92 Å². The summed E-state index contributed by atoms with van der Waals surface area (Å²) in [7, 11) is 1.13. The van der Waals surface area contributed by atoms with Crippen molar-refractivity contribution in [2.75, 3.05) is 10.6 Å². The van der Waals surface area contributed by atoms with Gasteiger partial charge in [0.1, 0.15) is 0 Å². The van der Waals surface area contributed by atoms with Crippen LogP contribution in [0.5, 0.6) is 0 Å². The van der Waals surface area contributed by atoms with Gasteiger partial charge < -0.3 is 10.6 Å². The standard InChI is InChI=1S/C22H18F3N7O/c1-13-5-6-15(29-20(33)16-12-28-32(2)19(16)22(23,24)25)10-18(13)31-21-27-9-7-17(30-21)14-4-3-8-26-11-14/h3-12H,1-2H3,(H,29,33)(H,27,30,31). The molecule has 8 nitrogen and oxygen atoms in total. The fraction of sp³-hybridized carbons (Fsp3) is 0.136. The Morgan fingerprint density at radius 3 is 2.64 bits per heavy atom. The molecule has 0 unspecified atom stereocenters. The number of nitrogens with one attached hydrogen (secondary N) is 2. The lowest BCUT2D eigenvalue weighted by Crippen LogP contribution is -2.20. The number of amides is 1. The van der Waals surface area contributed by atoms with Gasteiger partial charge in [-0.3, -0.25) is 14.5 Å². The Hall–Kier alpha value is -4.28. The maximum Gasteiger partial charge on any atom is 0.433 e.